The lowest BCUT2D eigenvalue weighted by molar-refractivity contribution is 0.464. The lowest BCUT2D eigenvalue weighted by Gasteiger charge is -2.14. The maximum absolute atomic E-state index is 11.2. The summed E-state index contributed by atoms with van der Waals surface area (Å²) in [4.78, 5) is 0. The molecular weight excluding hydrogens is 198 g/mol. The van der Waals surface area contributed by atoms with E-state index in [0.29, 0.717) is 11.8 Å². The Hall–Kier alpha value is -0.0900. The Morgan fingerprint density at radius 3 is 2.50 bits per heavy atom. The summed E-state index contributed by atoms with van der Waals surface area (Å²) >= 11 is 0. The van der Waals surface area contributed by atoms with Crippen LogP contribution in [0.25, 0.3) is 0 Å². The third-order valence-corrected chi connectivity index (χ3v) is 4.76. The highest BCUT2D eigenvalue weighted by Crippen LogP contribution is 2.34. The molecule has 14 heavy (non-hydrogen) atoms. The van der Waals surface area contributed by atoms with E-state index in [1.807, 2.05) is 7.05 Å². The molecular formula is C10H21NO2S. The van der Waals surface area contributed by atoms with Gasteiger partial charge in [-0.3, -0.25) is 0 Å². The Morgan fingerprint density at radius 1 is 1.43 bits per heavy atom. The van der Waals surface area contributed by atoms with Crippen LogP contribution in [-0.2, 0) is 9.84 Å². The van der Waals surface area contributed by atoms with Crippen molar-refractivity contribution in [1.82, 2.24) is 5.32 Å². The molecule has 0 spiro atoms. The highest BCUT2D eigenvalue weighted by Gasteiger charge is 2.29. The van der Waals surface area contributed by atoms with Crippen molar-refractivity contribution in [1.29, 1.82) is 0 Å². The molecule has 1 unspecified atom stereocenters. The lowest BCUT2D eigenvalue weighted by Crippen LogP contribution is -2.28. The summed E-state index contributed by atoms with van der Waals surface area (Å²) in [7, 11) is -0.787. The molecule has 1 N–H and O–H groups in total. The van der Waals surface area contributed by atoms with Crippen molar-refractivity contribution in [2.45, 2.75) is 38.6 Å². The van der Waals surface area contributed by atoms with E-state index in [1.54, 1.807) is 6.92 Å². The molecule has 84 valence electrons. The van der Waals surface area contributed by atoms with Gasteiger partial charge in [-0.25, -0.2) is 8.42 Å². The van der Waals surface area contributed by atoms with Crippen LogP contribution >= 0.6 is 0 Å². The quantitative estimate of drug-likeness (QED) is 0.700. The standard InChI is InChI=1S/C10H21NO2S/c1-3-14(12,13)8-4-5-10(11-2)9-6-7-9/h9-11H,3-8H2,1-2H3. The van der Waals surface area contributed by atoms with Gasteiger partial charge in [-0.1, -0.05) is 6.92 Å². The van der Waals surface area contributed by atoms with Gasteiger partial charge in [-0.15, -0.1) is 0 Å². The number of hydrogen-bond donors (Lipinski definition) is 1. The fourth-order valence-corrected chi connectivity index (χ4v) is 2.68. The lowest BCUT2D eigenvalue weighted by atomic mass is 10.1. The van der Waals surface area contributed by atoms with Gasteiger partial charge in [0.25, 0.3) is 0 Å². The van der Waals surface area contributed by atoms with E-state index in [2.05, 4.69) is 5.32 Å². The topological polar surface area (TPSA) is 46.2 Å². The van der Waals surface area contributed by atoms with Crippen LogP contribution in [0.2, 0.25) is 0 Å². The van der Waals surface area contributed by atoms with E-state index in [1.165, 1.54) is 12.8 Å². The zero-order valence-corrected chi connectivity index (χ0v) is 9.94. The molecule has 1 fully saturated rings. The maximum atomic E-state index is 11.2. The zero-order valence-electron chi connectivity index (χ0n) is 9.12. The van der Waals surface area contributed by atoms with E-state index in [4.69, 9.17) is 0 Å². The molecule has 0 heterocycles. The minimum atomic E-state index is -2.76. The molecule has 1 atom stereocenters. The van der Waals surface area contributed by atoms with Crippen LogP contribution in [0, 0.1) is 5.92 Å². The van der Waals surface area contributed by atoms with Crippen molar-refractivity contribution in [3.63, 3.8) is 0 Å². The normalized spacial score (nSPS) is 19.6. The number of hydrogen-bond acceptors (Lipinski definition) is 3. The van der Waals surface area contributed by atoms with Crippen LogP contribution < -0.4 is 5.32 Å². The van der Waals surface area contributed by atoms with E-state index in [9.17, 15) is 8.42 Å². The van der Waals surface area contributed by atoms with Crippen molar-refractivity contribution in [3.05, 3.63) is 0 Å². The second-order valence-electron chi connectivity index (χ2n) is 4.11. The predicted octanol–water partition coefficient (Wildman–Crippen LogP) is 1.20. The molecule has 3 nitrogen and oxygen atoms in total. The smallest absolute Gasteiger partial charge is 0.150 e. The second-order valence-corrected chi connectivity index (χ2v) is 6.58. The fraction of sp³-hybridized carbons (Fsp3) is 1.00. The first-order chi connectivity index (χ1) is 6.59. The number of sulfone groups is 1. The van der Waals surface area contributed by atoms with Crippen molar-refractivity contribution >= 4 is 9.84 Å². The largest absolute Gasteiger partial charge is 0.317 e. The van der Waals surface area contributed by atoms with Crippen LogP contribution in [0.5, 0.6) is 0 Å². The summed E-state index contributed by atoms with van der Waals surface area (Å²) in [5.74, 6) is 1.44. The van der Waals surface area contributed by atoms with Crippen LogP contribution in [0.3, 0.4) is 0 Å². The summed E-state index contributed by atoms with van der Waals surface area (Å²) < 4.78 is 22.5. The number of nitrogens with one attached hydrogen (secondary N) is 1. The van der Waals surface area contributed by atoms with Gasteiger partial charge < -0.3 is 5.32 Å². The molecule has 0 aromatic heterocycles. The van der Waals surface area contributed by atoms with E-state index in [0.717, 1.165) is 18.8 Å². The predicted molar refractivity (Wildman–Crippen MR) is 59.1 cm³/mol. The molecule has 0 aromatic rings. The highest BCUT2D eigenvalue weighted by atomic mass is 32.2. The first kappa shape index (κ1) is 12.0. The summed E-state index contributed by atoms with van der Waals surface area (Å²) in [5, 5.41) is 3.27. The molecule has 1 rings (SSSR count). The second kappa shape index (κ2) is 5.12. The van der Waals surface area contributed by atoms with Gasteiger partial charge in [0.2, 0.25) is 0 Å². The van der Waals surface area contributed by atoms with Crippen LogP contribution in [0.4, 0.5) is 0 Å². The highest BCUT2D eigenvalue weighted by molar-refractivity contribution is 7.91. The van der Waals surface area contributed by atoms with Gasteiger partial charge in [0.1, 0.15) is 9.84 Å². The van der Waals surface area contributed by atoms with Gasteiger partial charge in [-0.2, -0.15) is 0 Å². The van der Waals surface area contributed by atoms with Crippen molar-refractivity contribution in [2.75, 3.05) is 18.6 Å². The SMILES string of the molecule is CCS(=O)(=O)CCCC(NC)C1CC1. The average Bonchev–Trinajstić information content (AvgIpc) is 2.96. The van der Waals surface area contributed by atoms with E-state index >= 15 is 0 Å². The third kappa shape index (κ3) is 3.96. The monoisotopic (exact) mass is 219 g/mol. The summed E-state index contributed by atoms with van der Waals surface area (Å²) in [6.07, 6.45) is 4.43. The number of rotatable bonds is 7. The van der Waals surface area contributed by atoms with Gasteiger partial charge in [0, 0.05) is 11.8 Å². The molecule has 1 saturated carbocycles. The van der Waals surface area contributed by atoms with Crippen molar-refractivity contribution in [3.8, 4) is 0 Å². The molecule has 1 aliphatic rings. The molecule has 0 saturated heterocycles. The first-order valence-corrected chi connectivity index (χ1v) is 7.29. The Kier molecular flexibility index (Phi) is 4.38. The molecule has 0 aliphatic heterocycles. The molecule has 0 amide bonds. The van der Waals surface area contributed by atoms with Crippen LogP contribution in [0.15, 0.2) is 0 Å². The van der Waals surface area contributed by atoms with Gasteiger partial charge in [0.05, 0.1) is 5.75 Å². The summed E-state index contributed by atoms with van der Waals surface area (Å²) in [6.45, 7) is 1.71. The van der Waals surface area contributed by atoms with Crippen LogP contribution in [-0.4, -0.2) is 33.0 Å². The average molecular weight is 219 g/mol. The Bertz CT molecular complexity index is 257. The first-order valence-electron chi connectivity index (χ1n) is 5.46. The maximum Gasteiger partial charge on any atom is 0.150 e. The Morgan fingerprint density at radius 2 is 2.07 bits per heavy atom. The Balaban J connectivity index is 2.19. The molecule has 4 heteroatoms. The minimum absolute atomic E-state index is 0.278. The van der Waals surface area contributed by atoms with Gasteiger partial charge in [0.15, 0.2) is 0 Å². The Labute approximate surface area is 87.2 Å². The third-order valence-electron chi connectivity index (χ3n) is 2.97. The molecule has 0 aromatic carbocycles. The zero-order chi connectivity index (χ0) is 10.6. The van der Waals surface area contributed by atoms with Crippen LogP contribution in [0.1, 0.15) is 32.6 Å². The molecule has 1 aliphatic carbocycles. The summed E-state index contributed by atoms with van der Waals surface area (Å²) in [5.41, 5.74) is 0. The van der Waals surface area contributed by atoms with Crippen molar-refractivity contribution in [2.24, 2.45) is 5.92 Å². The van der Waals surface area contributed by atoms with Crippen molar-refractivity contribution < 1.29 is 8.42 Å². The fourth-order valence-electron chi connectivity index (χ4n) is 1.78. The van der Waals surface area contributed by atoms with Gasteiger partial charge in [-0.05, 0) is 38.6 Å². The van der Waals surface area contributed by atoms with Gasteiger partial charge >= 0.3 is 0 Å². The van der Waals surface area contributed by atoms with E-state index < -0.39 is 9.84 Å². The summed E-state index contributed by atoms with van der Waals surface area (Å²) in [6, 6.07) is 0.544. The minimum Gasteiger partial charge on any atom is -0.317 e. The van der Waals surface area contributed by atoms with E-state index in [-0.39, 0.29) is 5.75 Å². The molecule has 0 bridgehead atoms. The molecule has 0 radical (unpaired) electrons.